The predicted molar refractivity (Wildman–Crippen MR) is 52.4 cm³/mol. The van der Waals surface area contributed by atoms with Crippen molar-refractivity contribution in [2.75, 3.05) is 0 Å². The molecule has 1 aromatic carbocycles. The van der Waals surface area contributed by atoms with E-state index in [9.17, 15) is 4.79 Å². The van der Waals surface area contributed by atoms with E-state index in [2.05, 4.69) is 19.1 Å². The minimum absolute atomic E-state index is 0.294. The maximum absolute atomic E-state index is 11.2. The van der Waals surface area contributed by atoms with E-state index in [1.54, 1.807) is 0 Å². The maximum Gasteiger partial charge on any atom is 0.136 e. The summed E-state index contributed by atoms with van der Waals surface area (Å²) in [5, 5.41) is 0. The van der Waals surface area contributed by atoms with Gasteiger partial charge in [-0.25, -0.2) is 0 Å². The van der Waals surface area contributed by atoms with Crippen LogP contribution in [0, 0.1) is 11.8 Å². The Kier molecular flexibility index (Phi) is 2.17. The third-order valence-electron chi connectivity index (χ3n) is 2.92. The number of Topliss-reactive ketones (excluding diaryl/α,β-unsaturated/α-hetero) is 1. The molecule has 0 spiro atoms. The van der Waals surface area contributed by atoms with Gasteiger partial charge in [-0.3, -0.25) is 4.79 Å². The molecular formula is C12H14O. The van der Waals surface area contributed by atoms with Crippen LogP contribution in [0.4, 0.5) is 0 Å². The Morgan fingerprint density at radius 2 is 2.00 bits per heavy atom. The zero-order valence-corrected chi connectivity index (χ0v) is 7.86. The van der Waals surface area contributed by atoms with Gasteiger partial charge in [0.1, 0.15) is 5.78 Å². The Morgan fingerprint density at radius 3 is 2.54 bits per heavy atom. The summed E-state index contributed by atoms with van der Waals surface area (Å²) in [6.07, 6.45) is 1.72. The van der Waals surface area contributed by atoms with Crippen molar-refractivity contribution >= 4 is 5.78 Å². The fourth-order valence-corrected chi connectivity index (χ4v) is 1.95. The molecule has 1 fully saturated rings. The van der Waals surface area contributed by atoms with Gasteiger partial charge in [0.05, 0.1) is 0 Å². The first kappa shape index (κ1) is 8.49. The second-order valence-corrected chi connectivity index (χ2v) is 3.94. The summed E-state index contributed by atoms with van der Waals surface area (Å²) in [7, 11) is 0. The van der Waals surface area contributed by atoms with Gasteiger partial charge in [-0.1, -0.05) is 37.3 Å². The van der Waals surface area contributed by atoms with Crippen LogP contribution in [0.3, 0.4) is 0 Å². The molecule has 1 aliphatic carbocycles. The van der Waals surface area contributed by atoms with Crippen LogP contribution in [0.25, 0.3) is 0 Å². The molecule has 0 bridgehead atoms. The molecule has 0 radical (unpaired) electrons. The van der Waals surface area contributed by atoms with Gasteiger partial charge in [-0.15, -0.1) is 0 Å². The molecule has 1 heteroatoms. The number of carbonyl (C=O) groups is 1. The van der Waals surface area contributed by atoms with E-state index in [0.29, 0.717) is 17.6 Å². The molecule has 0 aliphatic heterocycles. The maximum atomic E-state index is 11.2. The Bertz CT molecular complexity index is 302. The zero-order chi connectivity index (χ0) is 9.26. The third kappa shape index (κ3) is 1.64. The number of hydrogen-bond donors (Lipinski definition) is 0. The third-order valence-corrected chi connectivity index (χ3v) is 2.92. The predicted octanol–water partition coefficient (Wildman–Crippen LogP) is 2.45. The lowest BCUT2D eigenvalue weighted by molar-refractivity contribution is -0.133. The molecule has 68 valence electrons. The molecule has 2 atom stereocenters. The van der Waals surface area contributed by atoms with Crippen molar-refractivity contribution in [3.63, 3.8) is 0 Å². The molecule has 1 aliphatic rings. The van der Waals surface area contributed by atoms with E-state index < -0.39 is 0 Å². The number of hydrogen-bond acceptors (Lipinski definition) is 1. The number of rotatable bonds is 2. The molecular weight excluding hydrogens is 160 g/mol. The van der Waals surface area contributed by atoms with E-state index in [-0.39, 0.29) is 0 Å². The topological polar surface area (TPSA) is 17.1 Å². The fourth-order valence-electron chi connectivity index (χ4n) is 1.95. The molecule has 1 aromatic rings. The highest BCUT2D eigenvalue weighted by molar-refractivity contribution is 5.87. The first-order valence-electron chi connectivity index (χ1n) is 4.84. The largest absolute Gasteiger partial charge is 0.299 e. The summed E-state index contributed by atoms with van der Waals surface area (Å²) in [5.74, 6) is 1.33. The van der Waals surface area contributed by atoms with Gasteiger partial charge in [0.25, 0.3) is 0 Å². The molecule has 0 aromatic heterocycles. The highest BCUT2D eigenvalue weighted by atomic mass is 16.1. The second kappa shape index (κ2) is 3.33. The Labute approximate surface area is 78.8 Å². The van der Waals surface area contributed by atoms with Crippen molar-refractivity contribution in [1.82, 2.24) is 0 Å². The highest BCUT2D eigenvalue weighted by Gasteiger charge is 2.35. The summed E-state index contributed by atoms with van der Waals surface area (Å²) in [4.78, 5) is 11.2. The molecule has 0 heterocycles. The van der Waals surface area contributed by atoms with Crippen LogP contribution >= 0.6 is 0 Å². The average Bonchev–Trinajstić information content (AvgIpc) is 2.16. The first-order chi connectivity index (χ1) is 6.27. The van der Waals surface area contributed by atoms with Crippen molar-refractivity contribution in [3.05, 3.63) is 35.9 Å². The second-order valence-electron chi connectivity index (χ2n) is 3.94. The Hall–Kier alpha value is -1.11. The molecule has 1 nitrogen and oxygen atoms in total. The minimum atomic E-state index is 0.294. The van der Waals surface area contributed by atoms with Crippen LogP contribution in [0.1, 0.15) is 18.9 Å². The normalized spacial score (nSPS) is 27.0. The Morgan fingerprint density at radius 1 is 1.31 bits per heavy atom. The lowest BCUT2D eigenvalue weighted by Gasteiger charge is -2.32. The summed E-state index contributed by atoms with van der Waals surface area (Å²) in [6.45, 7) is 2.16. The Balaban J connectivity index is 2.02. The van der Waals surface area contributed by atoms with Crippen LogP contribution in [0.2, 0.25) is 0 Å². The van der Waals surface area contributed by atoms with E-state index >= 15 is 0 Å². The summed E-state index contributed by atoms with van der Waals surface area (Å²) in [5.41, 5.74) is 1.28. The first-order valence-corrected chi connectivity index (χ1v) is 4.84. The summed E-state index contributed by atoms with van der Waals surface area (Å²) in [6, 6.07) is 10.3. The van der Waals surface area contributed by atoms with Crippen LogP contribution in [0.5, 0.6) is 0 Å². The van der Waals surface area contributed by atoms with Crippen molar-refractivity contribution in [2.45, 2.75) is 19.8 Å². The van der Waals surface area contributed by atoms with Gasteiger partial charge in [-0.2, -0.15) is 0 Å². The van der Waals surface area contributed by atoms with Gasteiger partial charge in [-0.05, 0) is 17.9 Å². The molecule has 0 saturated heterocycles. The smallest absolute Gasteiger partial charge is 0.136 e. The number of carbonyl (C=O) groups excluding carboxylic acids is 1. The molecule has 1 saturated carbocycles. The average molecular weight is 174 g/mol. The molecule has 0 amide bonds. The zero-order valence-electron chi connectivity index (χ0n) is 7.86. The standard InChI is InChI=1S/C12H14O/c1-9-7-12(13)11(9)8-10-5-3-2-4-6-10/h2-6,9,11H,7-8H2,1H3/t9-,11+/m0/s1. The van der Waals surface area contributed by atoms with Gasteiger partial charge in [0.2, 0.25) is 0 Å². The SMILES string of the molecule is C[C@H]1CC(=O)[C@@H]1Cc1ccccc1. The van der Waals surface area contributed by atoms with Crippen LogP contribution in [-0.4, -0.2) is 5.78 Å². The van der Waals surface area contributed by atoms with E-state index in [4.69, 9.17) is 0 Å². The van der Waals surface area contributed by atoms with Crippen LogP contribution < -0.4 is 0 Å². The fraction of sp³-hybridized carbons (Fsp3) is 0.417. The molecule has 0 unspecified atom stereocenters. The van der Waals surface area contributed by atoms with Gasteiger partial charge in [0.15, 0.2) is 0 Å². The quantitative estimate of drug-likeness (QED) is 0.673. The molecule has 2 rings (SSSR count). The van der Waals surface area contributed by atoms with Gasteiger partial charge >= 0.3 is 0 Å². The summed E-state index contributed by atoms with van der Waals surface area (Å²) >= 11 is 0. The van der Waals surface area contributed by atoms with Crippen LogP contribution in [-0.2, 0) is 11.2 Å². The van der Waals surface area contributed by atoms with E-state index in [1.807, 2.05) is 18.2 Å². The van der Waals surface area contributed by atoms with Crippen LogP contribution in [0.15, 0.2) is 30.3 Å². The number of benzene rings is 1. The summed E-state index contributed by atoms with van der Waals surface area (Å²) < 4.78 is 0. The molecule has 13 heavy (non-hydrogen) atoms. The van der Waals surface area contributed by atoms with Crippen molar-refractivity contribution in [2.24, 2.45) is 11.8 Å². The number of ketones is 1. The van der Waals surface area contributed by atoms with Gasteiger partial charge < -0.3 is 0 Å². The van der Waals surface area contributed by atoms with Crippen molar-refractivity contribution < 1.29 is 4.79 Å². The van der Waals surface area contributed by atoms with Crippen molar-refractivity contribution in [1.29, 1.82) is 0 Å². The van der Waals surface area contributed by atoms with E-state index in [1.165, 1.54) is 5.56 Å². The van der Waals surface area contributed by atoms with Gasteiger partial charge in [0, 0.05) is 12.3 Å². The molecule has 0 N–H and O–H groups in total. The lowest BCUT2D eigenvalue weighted by Crippen LogP contribution is -2.36. The minimum Gasteiger partial charge on any atom is -0.299 e. The monoisotopic (exact) mass is 174 g/mol. The van der Waals surface area contributed by atoms with E-state index in [0.717, 1.165) is 12.8 Å². The lowest BCUT2D eigenvalue weighted by atomic mass is 9.71. The van der Waals surface area contributed by atoms with Crippen molar-refractivity contribution in [3.8, 4) is 0 Å². The highest BCUT2D eigenvalue weighted by Crippen LogP contribution is 2.32.